The Bertz CT molecular complexity index is 374. The molecular weight excluding hydrogens is 266 g/mol. The number of nitrogens with one attached hydrogen (secondary N) is 1. The molecule has 1 heterocycles. The third-order valence-corrected chi connectivity index (χ3v) is 2.98. The number of amides is 2. The van der Waals surface area contributed by atoms with Crippen molar-refractivity contribution in [3.63, 3.8) is 0 Å². The van der Waals surface area contributed by atoms with Gasteiger partial charge in [0, 0.05) is 13.1 Å². The summed E-state index contributed by atoms with van der Waals surface area (Å²) in [5.74, 6) is -1.99. The number of rotatable bonds is 6. The molecule has 20 heavy (non-hydrogen) atoms. The summed E-state index contributed by atoms with van der Waals surface area (Å²) in [5, 5.41) is 11.4. The van der Waals surface area contributed by atoms with Gasteiger partial charge >= 0.3 is 5.97 Å². The Morgan fingerprint density at radius 1 is 1.50 bits per heavy atom. The Morgan fingerprint density at radius 2 is 2.20 bits per heavy atom. The highest BCUT2D eigenvalue weighted by Gasteiger charge is 2.35. The van der Waals surface area contributed by atoms with Crippen LogP contribution in [0.15, 0.2) is 0 Å². The van der Waals surface area contributed by atoms with E-state index in [0.29, 0.717) is 13.2 Å². The number of ether oxygens (including phenoxy) is 1. The van der Waals surface area contributed by atoms with Crippen molar-refractivity contribution >= 4 is 17.8 Å². The van der Waals surface area contributed by atoms with E-state index >= 15 is 0 Å². The zero-order chi connectivity index (χ0) is 15.1. The van der Waals surface area contributed by atoms with E-state index in [4.69, 9.17) is 15.6 Å². The average Bonchev–Trinajstić information content (AvgIpc) is 2.43. The molecule has 0 radical (unpaired) electrons. The Kier molecular flexibility index (Phi) is 6.40. The maximum absolute atomic E-state index is 12.1. The van der Waals surface area contributed by atoms with Gasteiger partial charge in [0.1, 0.15) is 6.04 Å². The van der Waals surface area contributed by atoms with Gasteiger partial charge in [0.2, 0.25) is 11.8 Å². The second kappa shape index (κ2) is 7.81. The highest BCUT2D eigenvalue weighted by molar-refractivity contribution is 5.91. The Morgan fingerprint density at radius 3 is 2.80 bits per heavy atom. The lowest BCUT2D eigenvalue weighted by atomic mass is 10.1. The summed E-state index contributed by atoms with van der Waals surface area (Å²) in [5.41, 5.74) is 5.57. The summed E-state index contributed by atoms with van der Waals surface area (Å²) in [6.07, 6.45) is 0.325. The zero-order valence-electron chi connectivity index (χ0n) is 11.5. The van der Waals surface area contributed by atoms with Gasteiger partial charge in [-0.05, 0) is 6.42 Å². The van der Waals surface area contributed by atoms with Crippen molar-refractivity contribution in [3.8, 4) is 0 Å². The van der Waals surface area contributed by atoms with Crippen molar-refractivity contribution < 1.29 is 24.2 Å². The van der Waals surface area contributed by atoms with E-state index < -0.39 is 30.4 Å². The molecule has 2 unspecified atom stereocenters. The number of carboxylic acid groups (broad SMARTS) is 1. The van der Waals surface area contributed by atoms with E-state index in [9.17, 15) is 14.4 Å². The van der Waals surface area contributed by atoms with E-state index in [1.807, 2.05) is 6.92 Å². The molecule has 0 aromatic heterocycles. The van der Waals surface area contributed by atoms with E-state index in [1.165, 1.54) is 4.90 Å². The van der Waals surface area contributed by atoms with Gasteiger partial charge in [0.25, 0.3) is 0 Å². The predicted molar refractivity (Wildman–Crippen MR) is 69.8 cm³/mol. The van der Waals surface area contributed by atoms with Crippen LogP contribution < -0.4 is 11.1 Å². The van der Waals surface area contributed by atoms with Gasteiger partial charge < -0.3 is 25.8 Å². The molecule has 114 valence electrons. The van der Waals surface area contributed by atoms with E-state index in [0.717, 1.165) is 6.42 Å². The average molecular weight is 287 g/mol. The fraction of sp³-hybridized carbons (Fsp3) is 0.750. The normalized spacial score (nSPS) is 20.3. The third-order valence-electron chi connectivity index (χ3n) is 2.98. The molecule has 2 atom stereocenters. The summed E-state index contributed by atoms with van der Waals surface area (Å²) < 4.78 is 5.21. The van der Waals surface area contributed by atoms with Crippen molar-refractivity contribution in [1.82, 2.24) is 10.2 Å². The molecule has 1 aliphatic heterocycles. The molecule has 2 amide bonds. The quantitative estimate of drug-likeness (QED) is 0.549. The summed E-state index contributed by atoms with van der Waals surface area (Å²) >= 11 is 0. The van der Waals surface area contributed by atoms with E-state index in [2.05, 4.69) is 5.32 Å². The molecule has 8 nitrogen and oxygen atoms in total. The standard InChI is InChI=1S/C12H21N3O5/c1-2-3-14-11(18)9-7-20-5-4-15(9)12(19)8(13)6-10(16)17/h8-9H,2-7,13H2,1H3,(H,14,18)(H,16,17). The lowest BCUT2D eigenvalue weighted by Crippen LogP contribution is -2.59. The first-order valence-electron chi connectivity index (χ1n) is 6.60. The monoisotopic (exact) mass is 287 g/mol. The summed E-state index contributed by atoms with van der Waals surface area (Å²) in [6, 6.07) is -1.89. The SMILES string of the molecule is CCCNC(=O)C1COCCN1C(=O)C(N)CC(=O)O. The maximum Gasteiger partial charge on any atom is 0.305 e. The van der Waals surface area contributed by atoms with Crippen molar-refractivity contribution in [2.75, 3.05) is 26.3 Å². The first-order chi connectivity index (χ1) is 9.47. The summed E-state index contributed by atoms with van der Waals surface area (Å²) in [7, 11) is 0. The van der Waals surface area contributed by atoms with Crippen molar-refractivity contribution in [2.45, 2.75) is 31.8 Å². The lowest BCUT2D eigenvalue weighted by Gasteiger charge is -2.35. The van der Waals surface area contributed by atoms with Crippen LogP contribution in [0.2, 0.25) is 0 Å². The van der Waals surface area contributed by atoms with Crippen LogP contribution in [-0.4, -0.2) is 66.2 Å². The molecule has 0 aromatic rings. The second-order valence-electron chi connectivity index (χ2n) is 4.62. The minimum Gasteiger partial charge on any atom is -0.481 e. The Balaban J connectivity index is 2.70. The van der Waals surface area contributed by atoms with Gasteiger partial charge in [-0.2, -0.15) is 0 Å². The van der Waals surface area contributed by atoms with Crippen LogP contribution in [-0.2, 0) is 19.1 Å². The van der Waals surface area contributed by atoms with Crippen LogP contribution >= 0.6 is 0 Å². The van der Waals surface area contributed by atoms with Crippen molar-refractivity contribution in [2.24, 2.45) is 5.73 Å². The largest absolute Gasteiger partial charge is 0.481 e. The lowest BCUT2D eigenvalue weighted by molar-refractivity contribution is -0.151. The number of carbonyl (C=O) groups is 3. The smallest absolute Gasteiger partial charge is 0.305 e. The molecule has 8 heteroatoms. The van der Waals surface area contributed by atoms with Gasteiger partial charge in [0.15, 0.2) is 0 Å². The molecule has 0 aliphatic carbocycles. The second-order valence-corrected chi connectivity index (χ2v) is 4.62. The Labute approximate surface area is 117 Å². The number of hydrogen-bond donors (Lipinski definition) is 3. The number of carboxylic acids is 1. The molecule has 0 bridgehead atoms. The molecule has 1 fully saturated rings. The zero-order valence-corrected chi connectivity index (χ0v) is 11.5. The molecule has 1 rings (SSSR count). The van der Waals surface area contributed by atoms with Gasteiger partial charge in [-0.3, -0.25) is 14.4 Å². The van der Waals surface area contributed by atoms with E-state index in [1.54, 1.807) is 0 Å². The number of nitrogens with zero attached hydrogens (tertiary/aromatic N) is 1. The molecule has 0 aromatic carbocycles. The fourth-order valence-electron chi connectivity index (χ4n) is 1.94. The molecule has 4 N–H and O–H groups in total. The van der Waals surface area contributed by atoms with Crippen molar-refractivity contribution in [3.05, 3.63) is 0 Å². The molecule has 1 saturated heterocycles. The highest BCUT2D eigenvalue weighted by atomic mass is 16.5. The summed E-state index contributed by atoms with van der Waals surface area (Å²) in [4.78, 5) is 36.0. The molecule has 0 spiro atoms. The molecular formula is C12H21N3O5. The van der Waals surface area contributed by atoms with Crippen LogP contribution in [0.1, 0.15) is 19.8 Å². The van der Waals surface area contributed by atoms with Crippen LogP contribution in [0.25, 0.3) is 0 Å². The summed E-state index contributed by atoms with van der Waals surface area (Å²) in [6.45, 7) is 3.07. The minimum absolute atomic E-state index is 0.0983. The van der Waals surface area contributed by atoms with Crippen LogP contribution in [0.3, 0.4) is 0 Å². The van der Waals surface area contributed by atoms with Crippen LogP contribution in [0, 0.1) is 0 Å². The van der Waals surface area contributed by atoms with Gasteiger partial charge in [-0.25, -0.2) is 0 Å². The first-order valence-corrected chi connectivity index (χ1v) is 6.60. The fourth-order valence-corrected chi connectivity index (χ4v) is 1.94. The number of nitrogens with two attached hydrogens (primary N) is 1. The molecule has 0 saturated carbocycles. The Hall–Kier alpha value is -1.67. The number of aliphatic carboxylic acids is 1. The topological polar surface area (TPSA) is 122 Å². The van der Waals surface area contributed by atoms with Crippen LogP contribution in [0.4, 0.5) is 0 Å². The van der Waals surface area contributed by atoms with Gasteiger partial charge in [-0.15, -0.1) is 0 Å². The number of hydrogen-bond acceptors (Lipinski definition) is 5. The van der Waals surface area contributed by atoms with Gasteiger partial charge in [0.05, 0.1) is 25.7 Å². The number of morpholine rings is 1. The minimum atomic E-state index is -1.15. The third kappa shape index (κ3) is 4.46. The molecule has 1 aliphatic rings. The predicted octanol–water partition coefficient (Wildman–Crippen LogP) is -1.46. The highest BCUT2D eigenvalue weighted by Crippen LogP contribution is 2.10. The van der Waals surface area contributed by atoms with Crippen molar-refractivity contribution in [1.29, 1.82) is 0 Å². The number of carbonyl (C=O) groups excluding carboxylic acids is 2. The van der Waals surface area contributed by atoms with Gasteiger partial charge in [-0.1, -0.05) is 6.92 Å². The van der Waals surface area contributed by atoms with Crippen LogP contribution in [0.5, 0.6) is 0 Å². The first kappa shape index (κ1) is 16.4. The maximum atomic E-state index is 12.1. The van der Waals surface area contributed by atoms with E-state index in [-0.39, 0.29) is 19.1 Å².